The van der Waals surface area contributed by atoms with Gasteiger partial charge in [-0.25, -0.2) is 4.98 Å². The van der Waals surface area contributed by atoms with Gasteiger partial charge in [0.05, 0.1) is 13.0 Å². The number of nitrogens with one attached hydrogen (secondary N) is 3. The molecule has 0 aliphatic carbocycles. The van der Waals surface area contributed by atoms with Gasteiger partial charge in [-0.15, -0.1) is 0 Å². The topological polar surface area (TPSA) is 117 Å². The first-order chi connectivity index (χ1) is 13.9. The molecule has 3 aromatic rings. The number of nitrogens with zero attached hydrogens (tertiary/aromatic N) is 2. The number of aryl methyl sites for hydroxylation is 1. The molecule has 9 heteroatoms. The van der Waals surface area contributed by atoms with Crippen LogP contribution in [0.25, 0.3) is 11.4 Å². The summed E-state index contributed by atoms with van der Waals surface area (Å²) < 4.78 is 0.896. The zero-order chi connectivity index (χ0) is 20.8. The van der Waals surface area contributed by atoms with Gasteiger partial charge in [0, 0.05) is 39.4 Å². The van der Waals surface area contributed by atoms with Crippen molar-refractivity contribution >= 4 is 33.4 Å². The maximum Gasteiger partial charge on any atom is 0.255 e. The Labute approximate surface area is 174 Å². The lowest BCUT2D eigenvalue weighted by Gasteiger charge is -2.09. The van der Waals surface area contributed by atoms with E-state index in [1.165, 1.54) is 0 Å². The average Bonchev–Trinajstić information content (AvgIpc) is 2.71. The number of carbonyl (C=O) groups excluding carboxylic acids is 2. The first-order valence-corrected chi connectivity index (χ1v) is 9.54. The summed E-state index contributed by atoms with van der Waals surface area (Å²) in [4.78, 5) is 47.6. The highest BCUT2D eigenvalue weighted by Crippen LogP contribution is 2.14. The smallest absolute Gasteiger partial charge is 0.255 e. The summed E-state index contributed by atoms with van der Waals surface area (Å²) >= 11 is 3.32. The molecule has 0 saturated carbocycles. The molecule has 2 amide bonds. The molecule has 0 saturated heterocycles. The molecule has 148 valence electrons. The quantitative estimate of drug-likeness (QED) is 0.526. The summed E-state index contributed by atoms with van der Waals surface area (Å²) in [6.45, 7) is 1.46. The minimum absolute atomic E-state index is 0.174. The Bertz CT molecular complexity index is 1080. The molecule has 1 aromatic carbocycles. The highest BCUT2D eigenvalue weighted by Gasteiger charge is 2.14. The van der Waals surface area contributed by atoms with Crippen molar-refractivity contribution in [1.29, 1.82) is 0 Å². The normalized spacial score (nSPS) is 10.4. The molecule has 8 nitrogen and oxygen atoms in total. The maximum atomic E-state index is 12.4. The van der Waals surface area contributed by atoms with Crippen molar-refractivity contribution in [3.05, 3.63) is 74.9 Å². The van der Waals surface area contributed by atoms with Crippen molar-refractivity contribution in [2.75, 3.05) is 11.9 Å². The van der Waals surface area contributed by atoms with Crippen LogP contribution in [0.2, 0.25) is 0 Å². The number of pyridine rings is 1. The van der Waals surface area contributed by atoms with Gasteiger partial charge in [-0.05, 0) is 43.3 Å². The van der Waals surface area contributed by atoms with Crippen LogP contribution in [0.4, 0.5) is 5.69 Å². The molecule has 3 N–H and O–H groups in total. The molecule has 0 fully saturated rings. The van der Waals surface area contributed by atoms with E-state index in [1.54, 1.807) is 55.7 Å². The predicted octanol–water partition coefficient (Wildman–Crippen LogP) is 2.20. The lowest BCUT2D eigenvalue weighted by Crippen LogP contribution is -2.35. The molecule has 29 heavy (non-hydrogen) atoms. The van der Waals surface area contributed by atoms with Gasteiger partial charge < -0.3 is 15.6 Å². The van der Waals surface area contributed by atoms with Crippen molar-refractivity contribution < 1.29 is 9.59 Å². The monoisotopic (exact) mass is 455 g/mol. The SMILES string of the molecule is Cc1nc(-c2cccnc2)[nH]c(=O)c1CC(=O)NCC(=O)Nc1ccc(Br)cc1. The Morgan fingerprint density at radius 1 is 1.14 bits per heavy atom. The van der Waals surface area contributed by atoms with Crippen molar-refractivity contribution in [1.82, 2.24) is 20.3 Å². The number of hydrogen-bond acceptors (Lipinski definition) is 5. The van der Waals surface area contributed by atoms with E-state index in [0.717, 1.165) is 4.47 Å². The number of H-pyrrole nitrogens is 1. The van der Waals surface area contributed by atoms with Gasteiger partial charge in [-0.2, -0.15) is 0 Å². The summed E-state index contributed by atoms with van der Waals surface area (Å²) in [6, 6.07) is 10.6. The summed E-state index contributed by atoms with van der Waals surface area (Å²) in [5.41, 5.74) is 1.60. The summed E-state index contributed by atoms with van der Waals surface area (Å²) in [5.74, 6) is -0.421. The molecular weight excluding hydrogens is 438 g/mol. The summed E-state index contributed by atoms with van der Waals surface area (Å²) in [5, 5.41) is 5.19. The Morgan fingerprint density at radius 2 is 1.90 bits per heavy atom. The van der Waals surface area contributed by atoms with E-state index in [2.05, 4.69) is 41.5 Å². The van der Waals surface area contributed by atoms with Crippen molar-refractivity contribution in [3.63, 3.8) is 0 Å². The van der Waals surface area contributed by atoms with E-state index in [1.807, 2.05) is 0 Å². The van der Waals surface area contributed by atoms with Gasteiger partial charge in [0.25, 0.3) is 5.56 Å². The second kappa shape index (κ2) is 9.24. The van der Waals surface area contributed by atoms with Crippen LogP contribution in [0.5, 0.6) is 0 Å². The number of rotatable bonds is 6. The van der Waals surface area contributed by atoms with E-state index in [4.69, 9.17) is 0 Å². The highest BCUT2D eigenvalue weighted by atomic mass is 79.9. The third-order valence-electron chi connectivity index (χ3n) is 4.07. The zero-order valence-electron chi connectivity index (χ0n) is 15.5. The standard InChI is InChI=1S/C20H18BrN5O3/c1-12-16(20(29)26-19(24-12)13-3-2-8-22-10-13)9-17(27)23-11-18(28)25-15-6-4-14(21)5-7-15/h2-8,10H,9,11H2,1H3,(H,23,27)(H,25,28)(H,24,26,29). The number of benzene rings is 1. The number of aromatic nitrogens is 3. The van der Waals surface area contributed by atoms with Crippen LogP contribution >= 0.6 is 15.9 Å². The maximum absolute atomic E-state index is 12.4. The van der Waals surface area contributed by atoms with Crippen LogP contribution in [0, 0.1) is 6.92 Å². The van der Waals surface area contributed by atoms with Gasteiger partial charge in [0.1, 0.15) is 5.82 Å². The van der Waals surface area contributed by atoms with Crippen molar-refractivity contribution in [2.45, 2.75) is 13.3 Å². The molecule has 0 unspecified atom stereocenters. The third kappa shape index (κ3) is 5.58. The van der Waals surface area contributed by atoms with Crippen LogP contribution in [0.15, 0.2) is 58.1 Å². The number of carbonyl (C=O) groups is 2. The third-order valence-corrected chi connectivity index (χ3v) is 4.60. The number of aromatic amines is 1. The molecule has 2 heterocycles. The zero-order valence-corrected chi connectivity index (χ0v) is 17.1. The fourth-order valence-electron chi connectivity index (χ4n) is 2.60. The molecule has 0 radical (unpaired) electrons. The van der Waals surface area contributed by atoms with E-state index in [-0.39, 0.29) is 24.4 Å². The number of hydrogen-bond donors (Lipinski definition) is 3. The first-order valence-electron chi connectivity index (χ1n) is 8.74. The Hall–Kier alpha value is -3.33. The van der Waals surface area contributed by atoms with E-state index in [9.17, 15) is 14.4 Å². The second-order valence-electron chi connectivity index (χ2n) is 6.23. The minimum Gasteiger partial charge on any atom is -0.347 e. The molecule has 0 aliphatic heterocycles. The minimum atomic E-state index is -0.444. The highest BCUT2D eigenvalue weighted by molar-refractivity contribution is 9.10. The lowest BCUT2D eigenvalue weighted by atomic mass is 10.1. The Kier molecular flexibility index (Phi) is 6.50. The average molecular weight is 456 g/mol. The second-order valence-corrected chi connectivity index (χ2v) is 7.14. The first kappa shape index (κ1) is 20.4. The molecule has 0 spiro atoms. The molecular formula is C20H18BrN5O3. The number of amides is 2. The predicted molar refractivity (Wildman–Crippen MR) is 112 cm³/mol. The Balaban J connectivity index is 1.59. The molecule has 0 atom stereocenters. The summed E-state index contributed by atoms with van der Waals surface area (Å²) in [7, 11) is 0. The largest absolute Gasteiger partial charge is 0.347 e. The van der Waals surface area contributed by atoms with Gasteiger partial charge in [-0.3, -0.25) is 19.4 Å². The number of halogens is 1. The van der Waals surface area contributed by atoms with Crippen LogP contribution < -0.4 is 16.2 Å². The summed E-state index contributed by atoms with van der Waals surface area (Å²) in [6.07, 6.45) is 3.04. The molecule has 3 rings (SSSR count). The fourth-order valence-corrected chi connectivity index (χ4v) is 2.86. The van der Waals surface area contributed by atoms with Gasteiger partial charge in [0.2, 0.25) is 11.8 Å². The van der Waals surface area contributed by atoms with Gasteiger partial charge in [-0.1, -0.05) is 15.9 Å². The van der Waals surface area contributed by atoms with E-state index >= 15 is 0 Å². The van der Waals surface area contributed by atoms with Gasteiger partial charge in [0.15, 0.2) is 0 Å². The van der Waals surface area contributed by atoms with Crippen LogP contribution in [0.1, 0.15) is 11.3 Å². The molecule has 2 aromatic heterocycles. The van der Waals surface area contributed by atoms with E-state index < -0.39 is 11.5 Å². The van der Waals surface area contributed by atoms with Crippen molar-refractivity contribution in [2.24, 2.45) is 0 Å². The van der Waals surface area contributed by atoms with Crippen molar-refractivity contribution in [3.8, 4) is 11.4 Å². The van der Waals surface area contributed by atoms with E-state index in [0.29, 0.717) is 22.8 Å². The van der Waals surface area contributed by atoms with Gasteiger partial charge >= 0.3 is 0 Å². The number of anilines is 1. The molecule has 0 aliphatic rings. The Morgan fingerprint density at radius 3 is 2.55 bits per heavy atom. The lowest BCUT2D eigenvalue weighted by molar-refractivity contribution is -0.123. The van der Waals surface area contributed by atoms with Crippen LogP contribution in [0.3, 0.4) is 0 Å². The molecule has 0 bridgehead atoms. The van der Waals surface area contributed by atoms with Crippen LogP contribution in [-0.2, 0) is 16.0 Å². The fraction of sp³-hybridized carbons (Fsp3) is 0.150. The van der Waals surface area contributed by atoms with Crippen LogP contribution in [-0.4, -0.2) is 33.3 Å².